The van der Waals surface area contributed by atoms with Crippen LogP contribution in [0.1, 0.15) is 26.7 Å². The maximum atomic E-state index is 12.1. The lowest BCUT2D eigenvalue weighted by molar-refractivity contribution is -0.118. The third-order valence-corrected chi connectivity index (χ3v) is 3.20. The van der Waals surface area contributed by atoms with Gasteiger partial charge in [0.25, 0.3) is 0 Å². The summed E-state index contributed by atoms with van der Waals surface area (Å²) < 4.78 is 1.63. The molecule has 0 aliphatic heterocycles. The SMILES string of the molecule is CCCC(=O)N(CC)c1cn(-c2cccnc2)nc1Cl. The first-order valence-corrected chi connectivity index (χ1v) is 7.01. The van der Waals surface area contributed by atoms with Crippen LogP contribution in [-0.4, -0.2) is 27.2 Å². The van der Waals surface area contributed by atoms with Crippen molar-refractivity contribution in [2.75, 3.05) is 11.4 Å². The fraction of sp³-hybridized carbons (Fsp3) is 0.357. The van der Waals surface area contributed by atoms with E-state index in [9.17, 15) is 4.79 Å². The van der Waals surface area contributed by atoms with Gasteiger partial charge in [0.2, 0.25) is 5.91 Å². The van der Waals surface area contributed by atoms with Crippen molar-refractivity contribution in [1.29, 1.82) is 0 Å². The van der Waals surface area contributed by atoms with Gasteiger partial charge in [-0.1, -0.05) is 18.5 Å². The molecule has 0 fully saturated rings. The normalized spacial score (nSPS) is 10.6. The van der Waals surface area contributed by atoms with Gasteiger partial charge < -0.3 is 4.90 Å². The van der Waals surface area contributed by atoms with E-state index in [2.05, 4.69) is 10.1 Å². The van der Waals surface area contributed by atoms with Crippen molar-refractivity contribution >= 4 is 23.2 Å². The van der Waals surface area contributed by atoms with Gasteiger partial charge in [-0.15, -0.1) is 0 Å². The molecule has 0 aromatic carbocycles. The largest absolute Gasteiger partial charge is 0.309 e. The number of amides is 1. The van der Waals surface area contributed by atoms with Crippen molar-refractivity contribution in [3.05, 3.63) is 35.9 Å². The molecule has 0 radical (unpaired) electrons. The fourth-order valence-corrected chi connectivity index (χ4v) is 2.21. The van der Waals surface area contributed by atoms with Gasteiger partial charge in [-0.05, 0) is 25.5 Å². The molecule has 0 N–H and O–H groups in total. The van der Waals surface area contributed by atoms with E-state index in [1.807, 2.05) is 26.0 Å². The van der Waals surface area contributed by atoms with Gasteiger partial charge in [-0.2, -0.15) is 5.10 Å². The molecular weight excluding hydrogens is 276 g/mol. The van der Waals surface area contributed by atoms with Gasteiger partial charge in [-0.25, -0.2) is 4.68 Å². The van der Waals surface area contributed by atoms with Crippen LogP contribution in [0.2, 0.25) is 5.15 Å². The molecule has 0 aliphatic rings. The maximum absolute atomic E-state index is 12.1. The highest BCUT2D eigenvalue weighted by Crippen LogP contribution is 2.26. The molecule has 6 heteroatoms. The number of nitrogens with zero attached hydrogens (tertiary/aromatic N) is 4. The lowest BCUT2D eigenvalue weighted by atomic mass is 10.3. The van der Waals surface area contributed by atoms with E-state index in [0.717, 1.165) is 12.1 Å². The Balaban J connectivity index is 2.33. The zero-order valence-electron chi connectivity index (χ0n) is 11.6. The van der Waals surface area contributed by atoms with Gasteiger partial charge in [0.1, 0.15) is 5.69 Å². The Kier molecular flexibility index (Phi) is 4.74. The average molecular weight is 293 g/mol. The van der Waals surface area contributed by atoms with Crippen LogP contribution in [0.5, 0.6) is 0 Å². The van der Waals surface area contributed by atoms with E-state index in [4.69, 9.17) is 11.6 Å². The third-order valence-electron chi connectivity index (χ3n) is 2.93. The second-order valence-corrected chi connectivity index (χ2v) is 4.71. The first-order chi connectivity index (χ1) is 9.67. The Hall–Kier alpha value is -1.88. The van der Waals surface area contributed by atoms with Crippen LogP contribution in [0.15, 0.2) is 30.7 Å². The van der Waals surface area contributed by atoms with Crippen molar-refractivity contribution in [2.45, 2.75) is 26.7 Å². The van der Waals surface area contributed by atoms with Crippen LogP contribution in [-0.2, 0) is 4.79 Å². The molecule has 2 heterocycles. The summed E-state index contributed by atoms with van der Waals surface area (Å²) in [6.07, 6.45) is 6.46. The van der Waals surface area contributed by atoms with E-state index < -0.39 is 0 Å². The molecule has 0 atom stereocenters. The summed E-state index contributed by atoms with van der Waals surface area (Å²) in [6.45, 7) is 4.47. The maximum Gasteiger partial charge on any atom is 0.227 e. The fourth-order valence-electron chi connectivity index (χ4n) is 1.98. The first-order valence-electron chi connectivity index (χ1n) is 6.63. The Morgan fingerprint density at radius 2 is 2.25 bits per heavy atom. The lowest BCUT2D eigenvalue weighted by Crippen LogP contribution is -2.30. The van der Waals surface area contributed by atoms with Crippen molar-refractivity contribution in [3.8, 4) is 5.69 Å². The van der Waals surface area contributed by atoms with Crippen LogP contribution in [0.4, 0.5) is 5.69 Å². The second kappa shape index (κ2) is 6.52. The molecule has 0 bridgehead atoms. The Bertz CT molecular complexity index is 582. The molecule has 0 spiro atoms. The number of aromatic nitrogens is 3. The second-order valence-electron chi connectivity index (χ2n) is 4.35. The standard InChI is InChI=1S/C14H17ClN4O/c1-3-6-13(20)18(4-2)12-10-19(17-14(12)15)11-7-5-8-16-9-11/h5,7-10H,3-4,6H2,1-2H3. The zero-order valence-corrected chi connectivity index (χ0v) is 12.3. The van der Waals surface area contributed by atoms with Crippen molar-refractivity contribution in [2.24, 2.45) is 0 Å². The van der Waals surface area contributed by atoms with E-state index >= 15 is 0 Å². The molecule has 2 aromatic heterocycles. The van der Waals surface area contributed by atoms with Crippen molar-refractivity contribution in [3.63, 3.8) is 0 Å². The number of rotatable bonds is 5. The van der Waals surface area contributed by atoms with Crippen LogP contribution in [0, 0.1) is 0 Å². The van der Waals surface area contributed by atoms with Gasteiger partial charge >= 0.3 is 0 Å². The van der Waals surface area contributed by atoms with E-state index in [0.29, 0.717) is 23.8 Å². The summed E-state index contributed by atoms with van der Waals surface area (Å²) in [7, 11) is 0. The lowest BCUT2D eigenvalue weighted by Gasteiger charge is -2.18. The summed E-state index contributed by atoms with van der Waals surface area (Å²) >= 11 is 6.17. The minimum atomic E-state index is 0.0580. The molecule has 0 saturated carbocycles. The minimum absolute atomic E-state index is 0.0580. The number of carbonyl (C=O) groups is 1. The van der Waals surface area contributed by atoms with Crippen molar-refractivity contribution in [1.82, 2.24) is 14.8 Å². The number of pyridine rings is 1. The summed E-state index contributed by atoms with van der Waals surface area (Å²) in [4.78, 5) is 17.8. The van der Waals surface area contributed by atoms with Crippen LogP contribution in [0.25, 0.3) is 5.69 Å². The smallest absolute Gasteiger partial charge is 0.227 e. The zero-order chi connectivity index (χ0) is 14.5. The molecule has 0 aliphatic carbocycles. The first kappa shape index (κ1) is 14.5. The van der Waals surface area contributed by atoms with Crippen LogP contribution in [0.3, 0.4) is 0 Å². The monoisotopic (exact) mass is 292 g/mol. The number of anilines is 1. The van der Waals surface area contributed by atoms with Gasteiger partial charge in [0.15, 0.2) is 5.15 Å². The number of hydrogen-bond donors (Lipinski definition) is 0. The van der Waals surface area contributed by atoms with Crippen molar-refractivity contribution < 1.29 is 4.79 Å². The molecule has 0 unspecified atom stereocenters. The van der Waals surface area contributed by atoms with E-state index in [-0.39, 0.29) is 5.91 Å². The highest BCUT2D eigenvalue weighted by atomic mass is 35.5. The topological polar surface area (TPSA) is 51.0 Å². The predicted molar refractivity (Wildman–Crippen MR) is 79.3 cm³/mol. The molecule has 106 valence electrons. The molecule has 0 saturated heterocycles. The highest BCUT2D eigenvalue weighted by Gasteiger charge is 2.19. The summed E-state index contributed by atoms with van der Waals surface area (Å²) in [5.41, 5.74) is 1.44. The predicted octanol–water partition coefficient (Wildman–Crippen LogP) is 3.07. The molecule has 1 amide bonds. The summed E-state index contributed by atoms with van der Waals surface area (Å²) in [5.74, 6) is 0.0580. The Labute approximate surface area is 123 Å². The van der Waals surface area contributed by atoms with Crippen LogP contribution >= 0.6 is 11.6 Å². The molecule has 2 rings (SSSR count). The Morgan fingerprint density at radius 1 is 1.45 bits per heavy atom. The highest BCUT2D eigenvalue weighted by molar-refractivity contribution is 6.32. The number of halogens is 1. The quantitative estimate of drug-likeness (QED) is 0.851. The van der Waals surface area contributed by atoms with Crippen LogP contribution < -0.4 is 4.90 Å². The third kappa shape index (κ3) is 2.99. The molecule has 2 aromatic rings. The summed E-state index contributed by atoms with van der Waals surface area (Å²) in [6, 6.07) is 3.70. The van der Waals surface area contributed by atoms with E-state index in [1.165, 1.54) is 0 Å². The minimum Gasteiger partial charge on any atom is -0.309 e. The Morgan fingerprint density at radius 3 is 2.85 bits per heavy atom. The van der Waals surface area contributed by atoms with Gasteiger partial charge in [-0.3, -0.25) is 9.78 Å². The molecule has 5 nitrogen and oxygen atoms in total. The van der Waals surface area contributed by atoms with Gasteiger partial charge in [0, 0.05) is 19.2 Å². The van der Waals surface area contributed by atoms with E-state index in [1.54, 1.807) is 28.2 Å². The molecule has 20 heavy (non-hydrogen) atoms. The number of carbonyl (C=O) groups excluding carboxylic acids is 1. The molecular formula is C14H17ClN4O. The number of hydrogen-bond acceptors (Lipinski definition) is 3. The van der Waals surface area contributed by atoms with Gasteiger partial charge in [0.05, 0.1) is 18.1 Å². The average Bonchev–Trinajstić information content (AvgIpc) is 2.83. The summed E-state index contributed by atoms with van der Waals surface area (Å²) in [5, 5.41) is 4.56.